The molecule has 0 aromatic heterocycles. The van der Waals surface area contributed by atoms with Crippen molar-refractivity contribution in [3.05, 3.63) is 64.0 Å². The van der Waals surface area contributed by atoms with Gasteiger partial charge in [0.15, 0.2) is 0 Å². The molecule has 2 N–H and O–H groups in total. The van der Waals surface area contributed by atoms with E-state index in [0.29, 0.717) is 17.9 Å². The van der Waals surface area contributed by atoms with Crippen LogP contribution in [0.1, 0.15) is 18.9 Å². The molecule has 1 unspecified atom stereocenters. The molecule has 0 aliphatic rings. The lowest BCUT2D eigenvalue weighted by atomic mass is 10.1. The van der Waals surface area contributed by atoms with Crippen molar-refractivity contribution < 1.29 is 19.2 Å². The molecule has 2 rings (SSSR count). The van der Waals surface area contributed by atoms with Gasteiger partial charge in [-0.3, -0.25) is 10.1 Å². The first kappa shape index (κ1) is 17.8. The molecule has 128 valence electrons. The first-order chi connectivity index (χ1) is 11.5. The zero-order chi connectivity index (χ0) is 17.5. The highest BCUT2D eigenvalue weighted by molar-refractivity contribution is 5.50. The summed E-state index contributed by atoms with van der Waals surface area (Å²) in [5.74, 6) is -0.00565. The Morgan fingerprint density at radius 1 is 1.29 bits per heavy atom. The fourth-order valence-electron chi connectivity index (χ4n) is 2.13. The van der Waals surface area contributed by atoms with Crippen LogP contribution in [0.4, 0.5) is 10.1 Å². The van der Waals surface area contributed by atoms with E-state index in [1.165, 1.54) is 36.4 Å². The number of nitro groups is 1. The predicted octanol–water partition coefficient (Wildman–Crippen LogP) is 3.39. The normalized spacial score (nSPS) is 12.0. The second kappa shape index (κ2) is 8.37. The number of nitro benzene ring substituents is 1. The Bertz CT molecular complexity index is 687. The Labute approximate surface area is 139 Å². The summed E-state index contributed by atoms with van der Waals surface area (Å²) in [6, 6.07) is 9.85. The van der Waals surface area contributed by atoms with Crippen molar-refractivity contribution >= 4 is 5.69 Å². The van der Waals surface area contributed by atoms with Crippen LogP contribution in [-0.2, 0) is 6.54 Å². The quantitative estimate of drug-likeness (QED) is 0.571. The van der Waals surface area contributed by atoms with E-state index in [2.05, 4.69) is 5.32 Å². The number of rotatable bonds is 8. The standard InChI is InChI=1S/C17H19FN2O4/c1-2-14(11-21)19-10-12-3-8-17(16(9-12)20(22)23)24-15-6-4-13(18)5-7-15/h3-9,14,19,21H,2,10-11H2,1H3. The highest BCUT2D eigenvalue weighted by atomic mass is 19.1. The Morgan fingerprint density at radius 2 is 2.00 bits per heavy atom. The molecule has 0 fully saturated rings. The molecule has 2 aromatic carbocycles. The van der Waals surface area contributed by atoms with Crippen LogP contribution < -0.4 is 10.1 Å². The van der Waals surface area contributed by atoms with Crippen molar-refractivity contribution in [1.29, 1.82) is 0 Å². The fourth-order valence-corrected chi connectivity index (χ4v) is 2.13. The summed E-state index contributed by atoms with van der Waals surface area (Å²) in [5.41, 5.74) is 0.538. The monoisotopic (exact) mass is 334 g/mol. The molecule has 0 heterocycles. The third-order valence-electron chi connectivity index (χ3n) is 3.57. The summed E-state index contributed by atoms with van der Waals surface area (Å²) < 4.78 is 18.4. The van der Waals surface area contributed by atoms with Crippen LogP contribution >= 0.6 is 0 Å². The molecule has 0 saturated heterocycles. The minimum atomic E-state index is -0.522. The molecule has 0 aliphatic carbocycles. The predicted molar refractivity (Wildman–Crippen MR) is 87.6 cm³/mol. The minimum Gasteiger partial charge on any atom is -0.450 e. The van der Waals surface area contributed by atoms with E-state index < -0.39 is 10.7 Å². The lowest BCUT2D eigenvalue weighted by Gasteiger charge is -2.14. The minimum absolute atomic E-state index is 0.00432. The summed E-state index contributed by atoms with van der Waals surface area (Å²) in [7, 11) is 0. The molecular formula is C17H19FN2O4. The number of nitrogens with one attached hydrogen (secondary N) is 1. The van der Waals surface area contributed by atoms with Crippen molar-refractivity contribution in [2.45, 2.75) is 25.9 Å². The molecule has 1 atom stereocenters. The summed E-state index contributed by atoms with van der Waals surface area (Å²) in [5, 5.41) is 23.6. The van der Waals surface area contributed by atoms with Gasteiger partial charge in [-0.15, -0.1) is 0 Å². The van der Waals surface area contributed by atoms with E-state index in [0.717, 1.165) is 6.42 Å². The molecule has 0 radical (unpaired) electrons. The zero-order valence-electron chi connectivity index (χ0n) is 13.2. The van der Waals surface area contributed by atoms with Gasteiger partial charge in [0.25, 0.3) is 0 Å². The van der Waals surface area contributed by atoms with Gasteiger partial charge in [-0.2, -0.15) is 0 Å². The summed E-state index contributed by atoms with van der Waals surface area (Å²) in [4.78, 5) is 10.8. The van der Waals surface area contributed by atoms with Crippen molar-refractivity contribution in [3.63, 3.8) is 0 Å². The third kappa shape index (κ3) is 4.74. The average Bonchev–Trinajstić information content (AvgIpc) is 2.58. The Hall–Kier alpha value is -2.51. The molecule has 0 aliphatic heterocycles. The molecule has 0 bridgehead atoms. The van der Waals surface area contributed by atoms with Gasteiger partial charge in [-0.25, -0.2) is 4.39 Å². The smallest absolute Gasteiger partial charge is 0.311 e. The van der Waals surface area contributed by atoms with Gasteiger partial charge in [0.2, 0.25) is 5.75 Å². The van der Waals surface area contributed by atoms with E-state index in [4.69, 9.17) is 9.84 Å². The van der Waals surface area contributed by atoms with Crippen LogP contribution in [0, 0.1) is 15.9 Å². The maximum Gasteiger partial charge on any atom is 0.311 e. The molecule has 0 spiro atoms. The van der Waals surface area contributed by atoms with Crippen molar-refractivity contribution in [2.24, 2.45) is 0 Å². The fraction of sp³-hybridized carbons (Fsp3) is 0.294. The van der Waals surface area contributed by atoms with Gasteiger partial charge in [-0.1, -0.05) is 13.0 Å². The Balaban J connectivity index is 2.17. The maximum absolute atomic E-state index is 12.9. The Morgan fingerprint density at radius 3 is 2.58 bits per heavy atom. The first-order valence-electron chi connectivity index (χ1n) is 7.58. The molecule has 7 heteroatoms. The molecule has 2 aromatic rings. The van der Waals surface area contributed by atoms with E-state index in [9.17, 15) is 14.5 Å². The highest BCUT2D eigenvalue weighted by Crippen LogP contribution is 2.32. The molecule has 24 heavy (non-hydrogen) atoms. The van der Waals surface area contributed by atoms with Gasteiger partial charge < -0.3 is 15.2 Å². The summed E-state index contributed by atoms with van der Waals surface area (Å²) in [6.07, 6.45) is 0.754. The number of halogens is 1. The van der Waals surface area contributed by atoms with Crippen LogP contribution in [0.25, 0.3) is 0 Å². The molecule has 6 nitrogen and oxygen atoms in total. The van der Waals surface area contributed by atoms with Gasteiger partial charge in [-0.05, 0) is 42.3 Å². The average molecular weight is 334 g/mol. The first-order valence-corrected chi connectivity index (χ1v) is 7.58. The third-order valence-corrected chi connectivity index (χ3v) is 3.57. The summed E-state index contributed by atoms with van der Waals surface area (Å²) in [6.45, 7) is 2.34. The maximum atomic E-state index is 12.9. The van der Waals surface area contributed by atoms with Gasteiger partial charge in [0, 0.05) is 18.7 Å². The van der Waals surface area contributed by atoms with Crippen LogP contribution in [-0.4, -0.2) is 22.7 Å². The van der Waals surface area contributed by atoms with Gasteiger partial charge in [0.05, 0.1) is 11.5 Å². The van der Waals surface area contributed by atoms with E-state index in [1.807, 2.05) is 6.92 Å². The van der Waals surface area contributed by atoms with Crippen molar-refractivity contribution in [1.82, 2.24) is 5.32 Å². The van der Waals surface area contributed by atoms with Crippen LogP contribution in [0.5, 0.6) is 11.5 Å². The largest absolute Gasteiger partial charge is 0.450 e. The van der Waals surface area contributed by atoms with Gasteiger partial charge >= 0.3 is 5.69 Å². The van der Waals surface area contributed by atoms with E-state index in [1.54, 1.807) is 6.07 Å². The van der Waals surface area contributed by atoms with Gasteiger partial charge in [0.1, 0.15) is 11.6 Å². The van der Waals surface area contributed by atoms with Crippen LogP contribution in [0.15, 0.2) is 42.5 Å². The number of nitrogens with zero attached hydrogens (tertiary/aromatic N) is 1. The number of benzene rings is 2. The number of hydrogen-bond donors (Lipinski definition) is 2. The highest BCUT2D eigenvalue weighted by Gasteiger charge is 2.17. The molecular weight excluding hydrogens is 315 g/mol. The van der Waals surface area contributed by atoms with Crippen molar-refractivity contribution in [2.75, 3.05) is 6.61 Å². The lowest BCUT2D eigenvalue weighted by Crippen LogP contribution is -2.31. The number of aliphatic hydroxyl groups is 1. The molecule has 0 amide bonds. The topological polar surface area (TPSA) is 84.6 Å². The number of ether oxygens (including phenoxy) is 1. The van der Waals surface area contributed by atoms with E-state index >= 15 is 0 Å². The molecule has 0 saturated carbocycles. The lowest BCUT2D eigenvalue weighted by molar-refractivity contribution is -0.385. The number of hydrogen-bond acceptors (Lipinski definition) is 5. The SMILES string of the molecule is CCC(CO)NCc1ccc(Oc2ccc(F)cc2)c([N+](=O)[O-])c1. The van der Waals surface area contributed by atoms with Crippen LogP contribution in [0.3, 0.4) is 0 Å². The van der Waals surface area contributed by atoms with Crippen LogP contribution in [0.2, 0.25) is 0 Å². The van der Waals surface area contributed by atoms with Crippen molar-refractivity contribution in [3.8, 4) is 11.5 Å². The second-order valence-electron chi connectivity index (χ2n) is 5.28. The number of aliphatic hydroxyl groups excluding tert-OH is 1. The summed E-state index contributed by atoms with van der Waals surface area (Å²) >= 11 is 0. The van der Waals surface area contributed by atoms with E-state index in [-0.39, 0.29) is 24.1 Å². The Kier molecular flexibility index (Phi) is 6.22. The zero-order valence-corrected chi connectivity index (χ0v) is 13.2. The second-order valence-corrected chi connectivity index (χ2v) is 5.28.